The monoisotopic (exact) mass is 676 g/mol. The third kappa shape index (κ3) is 4.00. The summed E-state index contributed by atoms with van der Waals surface area (Å²) in [6.45, 7) is 0. The van der Waals surface area contributed by atoms with Gasteiger partial charge < -0.3 is 4.57 Å². The first-order valence-corrected chi connectivity index (χ1v) is 16.8. The van der Waals surface area contributed by atoms with Crippen LogP contribution in [0.1, 0.15) is 11.1 Å². The van der Waals surface area contributed by atoms with E-state index in [4.69, 9.17) is 9.98 Å². The summed E-state index contributed by atoms with van der Waals surface area (Å²) in [5, 5.41) is 4.93. The molecule has 1 aliphatic heterocycles. The van der Waals surface area contributed by atoms with Crippen LogP contribution >= 0.6 is 20.7 Å². The molecule has 9 rings (SSSR count). The largest absolute Gasteiger partial charge is 0.309 e. The average Bonchev–Trinajstić information content (AvgIpc) is 3.60. The summed E-state index contributed by atoms with van der Waals surface area (Å²) in [7, 11) is 0. The van der Waals surface area contributed by atoms with Crippen LogP contribution in [0.3, 0.4) is 0 Å². The highest BCUT2D eigenvalue weighted by atomic mass is 127. The van der Waals surface area contributed by atoms with Gasteiger partial charge in [-0.2, -0.15) is 0 Å². The molecular formula is C39H25IN4. The summed E-state index contributed by atoms with van der Waals surface area (Å²) >= 11 is -0.691. The number of aromatic nitrogens is 2. The second kappa shape index (κ2) is 10.2. The van der Waals surface area contributed by atoms with Crippen molar-refractivity contribution < 1.29 is 0 Å². The van der Waals surface area contributed by atoms with E-state index in [1.54, 1.807) is 0 Å². The molecular weight excluding hydrogens is 651 g/mol. The average molecular weight is 677 g/mol. The Morgan fingerprint density at radius 2 is 0.909 bits per heavy atom. The van der Waals surface area contributed by atoms with E-state index in [2.05, 4.69) is 155 Å². The van der Waals surface area contributed by atoms with Gasteiger partial charge in [-0.3, -0.25) is 4.57 Å². The van der Waals surface area contributed by atoms with Gasteiger partial charge in [0.1, 0.15) is 3.63 Å². The number of fused-ring (bicyclic) bond motifs is 6. The Morgan fingerprint density at radius 1 is 0.409 bits per heavy atom. The highest BCUT2D eigenvalue weighted by molar-refractivity contribution is 14.2. The first-order valence-electron chi connectivity index (χ1n) is 14.7. The maximum Gasteiger partial charge on any atom is 0.174 e. The van der Waals surface area contributed by atoms with Crippen molar-refractivity contribution in [2.45, 2.75) is 0 Å². The second-order valence-electron chi connectivity index (χ2n) is 10.9. The summed E-state index contributed by atoms with van der Waals surface area (Å²) in [4.78, 5) is 10.5. The molecule has 8 aromatic rings. The van der Waals surface area contributed by atoms with Crippen LogP contribution in [0.25, 0.3) is 49.3 Å². The van der Waals surface area contributed by atoms with E-state index < -0.39 is 20.7 Å². The van der Waals surface area contributed by atoms with Crippen LogP contribution in [0.2, 0.25) is 0 Å². The van der Waals surface area contributed by atoms with E-state index in [-0.39, 0.29) is 0 Å². The Hall–Kier alpha value is -5.14. The number of nitrogens with zero attached hydrogens (tertiary/aromatic N) is 4. The molecule has 0 fully saturated rings. The second-order valence-corrected chi connectivity index (χ2v) is 13.4. The molecule has 2 aromatic heterocycles. The first kappa shape index (κ1) is 25.4. The number of benzene rings is 6. The van der Waals surface area contributed by atoms with Crippen molar-refractivity contribution in [3.63, 3.8) is 0 Å². The highest BCUT2D eigenvalue weighted by Crippen LogP contribution is 2.39. The molecule has 0 spiro atoms. The Bertz CT molecular complexity index is 2430. The molecule has 3 heterocycles. The van der Waals surface area contributed by atoms with Gasteiger partial charge >= 0.3 is 0 Å². The number of halogens is 1. The van der Waals surface area contributed by atoms with Crippen LogP contribution < -0.4 is 0 Å². The standard InChI is InChI=1S/C39H25IN4/c1-4-14-26(15-5-1)37-40-39(42-38(41-37)27-16-6-2-7-17-27)44-34-23-13-11-21-30(34)32-24-35-31(25-36(32)44)29-20-10-12-22-33(29)43(35)28-18-8-3-9-19-28/h1-25H. The topological polar surface area (TPSA) is 34.6 Å². The van der Waals surface area contributed by atoms with Crippen molar-refractivity contribution in [1.82, 2.24) is 9.13 Å². The minimum Gasteiger partial charge on any atom is -0.309 e. The number of para-hydroxylation sites is 3. The number of aliphatic imine (C=N–C) groups is 2. The summed E-state index contributed by atoms with van der Waals surface area (Å²) in [5.74, 6) is 0.762. The van der Waals surface area contributed by atoms with E-state index in [0.29, 0.717) is 0 Å². The van der Waals surface area contributed by atoms with Gasteiger partial charge in [-0.1, -0.05) is 115 Å². The normalized spacial score (nSPS) is 13.6. The lowest BCUT2D eigenvalue weighted by Gasteiger charge is -2.15. The Balaban J connectivity index is 1.38. The third-order valence-corrected chi connectivity index (χ3v) is 10.9. The molecule has 5 heteroatoms. The number of amidine groups is 1. The molecule has 1 aliphatic rings. The van der Waals surface area contributed by atoms with Gasteiger partial charge in [0.05, 0.1) is 22.1 Å². The Kier molecular flexibility index (Phi) is 5.91. The van der Waals surface area contributed by atoms with Crippen LogP contribution in [0.4, 0.5) is 0 Å². The van der Waals surface area contributed by atoms with Gasteiger partial charge in [-0.25, -0.2) is 9.98 Å². The molecule has 208 valence electrons. The van der Waals surface area contributed by atoms with Crippen molar-refractivity contribution >= 4 is 77.7 Å². The molecule has 0 amide bonds. The zero-order valence-electron chi connectivity index (χ0n) is 23.6. The Labute approximate surface area is 264 Å². The van der Waals surface area contributed by atoms with E-state index >= 15 is 0 Å². The number of hydrogen-bond acceptors (Lipinski definition) is 2. The first-order chi connectivity index (χ1) is 21.8. The third-order valence-electron chi connectivity index (χ3n) is 8.29. The number of hydrogen-bond donors (Lipinski definition) is 0. The predicted molar refractivity (Wildman–Crippen MR) is 194 cm³/mol. The fraction of sp³-hybridized carbons (Fsp3) is 0. The zero-order chi connectivity index (χ0) is 29.0. The summed E-state index contributed by atoms with van der Waals surface area (Å²) in [5.41, 5.74) is 8.11. The number of rotatable bonds is 3. The molecule has 0 saturated carbocycles. The van der Waals surface area contributed by atoms with Gasteiger partial charge in [0.2, 0.25) is 0 Å². The van der Waals surface area contributed by atoms with Gasteiger partial charge in [-0.05, 0) is 57.1 Å². The lowest BCUT2D eigenvalue weighted by atomic mass is 10.1. The van der Waals surface area contributed by atoms with E-state index in [1.165, 1.54) is 43.6 Å². The lowest BCUT2D eigenvalue weighted by molar-refractivity contribution is 1.18. The minimum absolute atomic E-state index is 0.691. The van der Waals surface area contributed by atoms with Gasteiger partial charge in [0, 0.05) is 38.4 Å². The molecule has 0 N–H and O–H groups in total. The van der Waals surface area contributed by atoms with E-state index in [1.807, 2.05) is 6.07 Å². The van der Waals surface area contributed by atoms with Crippen molar-refractivity contribution in [3.8, 4) is 5.69 Å². The quantitative estimate of drug-likeness (QED) is 0.167. The van der Waals surface area contributed by atoms with Gasteiger partial charge in [0.25, 0.3) is 0 Å². The van der Waals surface area contributed by atoms with Gasteiger partial charge in [-0.15, -0.1) is 0 Å². The van der Waals surface area contributed by atoms with Crippen molar-refractivity contribution in [1.29, 1.82) is 0 Å². The smallest absolute Gasteiger partial charge is 0.174 e. The van der Waals surface area contributed by atoms with Crippen molar-refractivity contribution in [2.24, 2.45) is 9.98 Å². The van der Waals surface area contributed by atoms with Crippen LogP contribution in [0.5, 0.6) is 0 Å². The predicted octanol–water partition coefficient (Wildman–Crippen LogP) is 9.70. The van der Waals surface area contributed by atoms with E-state index in [9.17, 15) is 0 Å². The fourth-order valence-electron chi connectivity index (χ4n) is 6.32. The van der Waals surface area contributed by atoms with Crippen molar-refractivity contribution in [2.75, 3.05) is 0 Å². The molecule has 6 aromatic carbocycles. The molecule has 0 radical (unpaired) electrons. The zero-order valence-corrected chi connectivity index (χ0v) is 25.8. The lowest BCUT2D eigenvalue weighted by Crippen LogP contribution is -2.15. The maximum atomic E-state index is 5.32. The summed E-state index contributed by atoms with van der Waals surface area (Å²) < 4.78 is 7.00. The fourth-order valence-corrected chi connectivity index (χ4v) is 8.90. The van der Waals surface area contributed by atoms with Crippen molar-refractivity contribution in [3.05, 3.63) is 163 Å². The van der Waals surface area contributed by atoms with E-state index in [0.717, 1.165) is 30.1 Å². The minimum atomic E-state index is -0.691. The molecule has 0 saturated heterocycles. The maximum absolute atomic E-state index is 5.32. The molecule has 0 unspecified atom stereocenters. The summed E-state index contributed by atoms with van der Waals surface area (Å²) in [6, 6.07) is 53.8. The molecule has 4 nitrogen and oxygen atoms in total. The van der Waals surface area contributed by atoms with Crippen LogP contribution in [0, 0.1) is 0 Å². The SMILES string of the molecule is c1ccc(C2=NC(c3ccccc3)=IC(n3c4ccccc4c4cc5c(cc43)c3ccccc3n5-c3ccccc3)=N2)cc1. The molecule has 0 aliphatic carbocycles. The molecule has 0 bridgehead atoms. The van der Waals surface area contributed by atoms with Crippen LogP contribution in [0.15, 0.2) is 162 Å². The van der Waals surface area contributed by atoms with Crippen LogP contribution in [-0.2, 0) is 0 Å². The highest BCUT2D eigenvalue weighted by Gasteiger charge is 2.22. The summed E-state index contributed by atoms with van der Waals surface area (Å²) in [6.07, 6.45) is 0. The Morgan fingerprint density at radius 3 is 1.55 bits per heavy atom. The molecule has 44 heavy (non-hydrogen) atoms. The van der Waals surface area contributed by atoms with Crippen LogP contribution in [-0.4, -0.2) is 22.4 Å². The van der Waals surface area contributed by atoms with Gasteiger partial charge in [0.15, 0.2) is 9.68 Å². The molecule has 0 atom stereocenters.